The molecule has 2 rings (SSSR count). The van der Waals surface area contributed by atoms with Gasteiger partial charge in [0.2, 0.25) is 0 Å². The molecule has 2 aromatic rings. The van der Waals surface area contributed by atoms with Crippen LogP contribution in [-0.4, -0.2) is 46.3 Å². The van der Waals surface area contributed by atoms with E-state index < -0.39 is 0 Å². The molecule has 0 saturated carbocycles. The smallest absolute Gasteiger partial charge is 0.193 e. The lowest BCUT2D eigenvalue weighted by Gasteiger charge is -2.22. The molecule has 1 aromatic heterocycles. The largest absolute Gasteiger partial charge is 0.354 e. The highest BCUT2D eigenvalue weighted by atomic mass is 35.5. The summed E-state index contributed by atoms with van der Waals surface area (Å²) in [7, 11) is 3.76. The number of rotatable bonds is 5. The van der Waals surface area contributed by atoms with E-state index in [0.29, 0.717) is 0 Å². The predicted molar refractivity (Wildman–Crippen MR) is 84.3 cm³/mol. The first kappa shape index (κ1) is 15.3. The average Bonchev–Trinajstić information content (AvgIpc) is 2.96. The van der Waals surface area contributed by atoms with E-state index in [1.54, 1.807) is 18.1 Å². The molecule has 0 atom stereocenters. The first-order valence-electron chi connectivity index (χ1n) is 6.67. The van der Waals surface area contributed by atoms with Crippen LogP contribution in [0, 0.1) is 0 Å². The van der Waals surface area contributed by atoms with Gasteiger partial charge in [-0.2, -0.15) is 5.10 Å². The molecule has 21 heavy (non-hydrogen) atoms. The molecule has 1 aromatic carbocycles. The molecule has 112 valence electrons. The number of halogens is 1. The molecule has 1 heterocycles. The molecule has 0 fully saturated rings. The highest BCUT2D eigenvalue weighted by molar-refractivity contribution is 6.30. The first-order chi connectivity index (χ1) is 10.2. The van der Waals surface area contributed by atoms with E-state index in [4.69, 9.17) is 11.6 Å². The van der Waals surface area contributed by atoms with Crippen LogP contribution in [0.1, 0.15) is 5.56 Å². The fourth-order valence-electron chi connectivity index (χ4n) is 2.00. The van der Waals surface area contributed by atoms with Crippen molar-refractivity contribution >= 4 is 17.6 Å². The molecule has 0 saturated heterocycles. The van der Waals surface area contributed by atoms with Crippen LogP contribution in [0.2, 0.25) is 5.02 Å². The summed E-state index contributed by atoms with van der Waals surface area (Å²) >= 11 is 6.00. The van der Waals surface area contributed by atoms with E-state index in [9.17, 15) is 0 Å². The van der Waals surface area contributed by atoms with Gasteiger partial charge in [0.1, 0.15) is 12.7 Å². The van der Waals surface area contributed by atoms with Crippen molar-refractivity contribution in [3.05, 3.63) is 47.5 Å². The van der Waals surface area contributed by atoms with Crippen LogP contribution in [0.5, 0.6) is 0 Å². The van der Waals surface area contributed by atoms with E-state index in [1.165, 1.54) is 6.33 Å². The van der Waals surface area contributed by atoms with Crippen molar-refractivity contribution in [1.29, 1.82) is 0 Å². The van der Waals surface area contributed by atoms with Gasteiger partial charge in [0, 0.05) is 32.2 Å². The van der Waals surface area contributed by atoms with Gasteiger partial charge >= 0.3 is 0 Å². The fraction of sp³-hybridized carbons (Fsp3) is 0.357. The average molecular weight is 307 g/mol. The topological polar surface area (TPSA) is 58.3 Å². The van der Waals surface area contributed by atoms with Gasteiger partial charge < -0.3 is 10.2 Å². The number of hydrogen-bond donors (Lipinski definition) is 1. The Morgan fingerprint density at radius 2 is 2.33 bits per heavy atom. The Morgan fingerprint density at radius 1 is 1.48 bits per heavy atom. The summed E-state index contributed by atoms with van der Waals surface area (Å²) in [5.74, 6) is 0.829. The summed E-state index contributed by atoms with van der Waals surface area (Å²) in [6.45, 7) is 2.21. The van der Waals surface area contributed by atoms with Crippen LogP contribution in [-0.2, 0) is 13.1 Å². The zero-order valence-corrected chi connectivity index (χ0v) is 13.0. The van der Waals surface area contributed by atoms with Crippen molar-refractivity contribution < 1.29 is 0 Å². The van der Waals surface area contributed by atoms with Crippen molar-refractivity contribution in [2.75, 3.05) is 20.6 Å². The van der Waals surface area contributed by atoms with E-state index in [1.807, 2.05) is 36.2 Å². The summed E-state index contributed by atoms with van der Waals surface area (Å²) in [6.07, 6.45) is 3.22. The summed E-state index contributed by atoms with van der Waals surface area (Å²) in [4.78, 5) is 10.2. The highest BCUT2D eigenvalue weighted by Crippen LogP contribution is 2.12. The van der Waals surface area contributed by atoms with Crippen LogP contribution in [0.4, 0.5) is 0 Å². The normalized spacial score (nSPS) is 11.5. The Bertz CT molecular complexity index is 581. The van der Waals surface area contributed by atoms with Crippen LogP contribution >= 0.6 is 11.6 Å². The molecule has 0 aliphatic rings. The van der Waals surface area contributed by atoms with Gasteiger partial charge in [-0.3, -0.25) is 9.67 Å². The summed E-state index contributed by atoms with van der Waals surface area (Å²) < 4.78 is 1.78. The van der Waals surface area contributed by atoms with E-state index in [0.717, 1.165) is 36.2 Å². The van der Waals surface area contributed by atoms with E-state index in [2.05, 4.69) is 20.4 Å². The molecular formula is C14H19ClN6. The molecule has 0 unspecified atom stereocenters. The lowest BCUT2D eigenvalue weighted by atomic mass is 10.2. The number of hydrogen-bond acceptors (Lipinski definition) is 3. The van der Waals surface area contributed by atoms with Crippen molar-refractivity contribution in [3.63, 3.8) is 0 Å². The molecule has 0 amide bonds. The molecule has 0 aliphatic carbocycles. The standard InChI is InChI=1S/C14H19ClN6/c1-16-14(18-6-7-21-11-17-10-19-21)20(2)9-12-4-3-5-13(15)8-12/h3-5,8,10-11H,6-7,9H2,1-2H3,(H,16,18). The lowest BCUT2D eigenvalue weighted by Crippen LogP contribution is -2.39. The number of nitrogens with one attached hydrogen (secondary N) is 1. The summed E-state index contributed by atoms with van der Waals surface area (Å²) in [5, 5.41) is 8.10. The molecule has 7 heteroatoms. The SMILES string of the molecule is CN=C(NCCn1cncn1)N(C)Cc1cccc(Cl)c1. The number of guanidine groups is 1. The fourth-order valence-corrected chi connectivity index (χ4v) is 2.21. The maximum atomic E-state index is 6.00. The van der Waals surface area contributed by atoms with Gasteiger partial charge in [-0.05, 0) is 17.7 Å². The van der Waals surface area contributed by atoms with Crippen molar-refractivity contribution in [1.82, 2.24) is 25.0 Å². The second-order valence-electron chi connectivity index (χ2n) is 4.62. The van der Waals surface area contributed by atoms with Crippen LogP contribution in [0.25, 0.3) is 0 Å². The third-order valence-electron chi connectivity index (χ3n) is 2.97. The molecule has 0 aliphatic heterocycles. The zero-order chi connectivity index (χ0) is 15.1. The van der Waals surface area contributed by atoms with Gasteiger partial charge in [0.25, 0.3) is 0 Å². The minimum absolute atomic E-state index is 0.732. The number of aliphatic imine (C=N–C) groups is 1. The van der Waals surface area contributed by atoms with Gasteiger partial charge in [0.05, 0.1) is 6.54 Å². The molecule has 0 bridgehead atoms. The van der Waals surface area contributed by atoms with Gasteiger partial charge in [0.15, 0.2) is 5.96 Å². The third-order valence-corrected chi connectivity index (χ3v) is 3.21. The maximum Gasteiger partial charge on any atom is 0.193 e. The first-order valence-corrected chi connectivity index (χ1v) is 7.05. The van der Waals surface area contributed by atoms with Crippen molar-refractivity contribution in [2.24, 2.45) is 4.99 Å². The number of benzene rings is 1. The Balaban J connectivity index is 1.85. The molecular weight excluding hydrogens is 288 g/mol. The minimum Gasteiger partial charge on any atom is -0.354 e. The molecule has 0 spiro atoms. The van der Waals surface area contributed by atoms with Crippen LogP contribution in [0.3, 0.4) is 0 Å². The third kappa shape index (κ3) is 4.75. The maximum absolute atomic E-state index is 6.00. The predicted octanol–water partition coefficient (Wildman–Crippen LogP) is 1.64. The second kappa shape index (κ2) is 7.64. The molecule has 6 nitrogen and oxygen atoms in total. The van der Waals surface area contributed by atoms with E-state index >= 15 is 0 Å². The number of nitrogens with zero attached hydrogens (tertiary/aromatic N) is 5. The Hall–Kier alpha value is -2.08. The zero-order valence-electron chi connectivity index (χ0n) is 12.2. The number of aromatic nitrogens is 3. The highest BCUT2D eigenvalue weighted by Gasteiger charge is 2.06. The van der Waals surface area contributed by atoms with Crippen LogP contribution < -0.4 is 5.32 Å². The van der Waals surface area contributed by atoms with Gasteiger partial charge in [-0.25, -0.2) is 4.98 Å². The summed E-state index contributed by atoms with van der Waals surface area (Å²) in [5.41, 5.74) is 1.14. The van der Waals surface area contributed by atoms with Gasteiger partial charge in [-0.1, -0.05) is 23.7 Å². The second-order valence-corrected chi connectivity index (χ2v) is 5.05. The molecule has 0 radical (unpaired) electrons. The van der Waals surface area contributed by atoms with Crippen molar-refractivity contribution in [2.45, 2.75) is 13.1 Å². The van der Waals surface area contributed by atoms with Gasteiger partial charge in [-0.15, -0.1) is 0 Å². The van der Waals surface area contributed by atoms with Crippen LogP contribution in [0.15, 0.2) is 41.9 Å². The lowest BCUT2D eigenvalue weighted by molar-refractivity contribution is 0.470. The Labute approximate surface area is 129 Å². The Morgan fingerprint density at radius 3 is 3.00 bits per heavy atom. The monoisotopic (exact) mass is 306 g/mol. The Kier molecular flexibility index (Phi) is 5.57. The minimum atomic E-state index is 0.732. The quantitative estimate of drug-likeness (QED) is 0.674. The van der Waals surface area contributed by atoms with Crippen molar-refractivity contribution in [3.8, 4) is 0 Å². The molecule has 1 N–H and O–H groups in total. The summed E-state index contributed by atoms with van der Waals surface area (Å²) in [6, 6.07) is 7.83. The van der Waals surface area contributed by atoms with E-state index in [-0.39, 0.29) is 0 Å².